The normalized spacial score (nSPS) is 22.7. The molecule has 0 aromatic heterocycles. The average Bonchev–Trinajstić information content (AvgIpc) is 4.12. The van der Waals surface area contributed by atoms with Gasteiger partial charge in [0.15, 0.2) is 5.78 Å². The quantitative estimate of drug-likeness (QED) is 0.0631. The van der Waals surface area contributed by atoms with E-state index in [9.17, 15) is 28.8 Å². The van der Waals surface area contributed by atoms with Crippen molar-refractivity contribution < 1.29 is 43.1 Å². The van der Waals surface area contributed by atoms with Gasteiger partial charge in [0.25, 0.3) is 5.91 Å². The van der Waals surface area contributed by atoms with Gasteiger partial charge in [-0.2, -0.15) is 0 Å². The molecule has 4 amide bonds. The van der Waals surface area contributed by atoms with Crippen molar-refractivity contribution in [3.63, 3.8) is 0 Å². The highest BCUT2D eigenvalue weighted by Crippen LogP contribution is 2.36. The van der Waals surface area contributed by atoms with E-state index < -0.39 is 17.7 Å². The van der Waals surface area contributed by atoms with Crippen LogP contribution >= 0.6 is 15.9 Å². The number of nitrogens with zero attached hydrogens (tertiary/aromatic N) is 1. The molecular weight excluding hydrogens is 882 g/mol. The number of hydrogen-bond donors (Lipinski definition) is 4. The third-order valence-electron chi connectivity index (χ3n) is 11.9. The molecule has 1 heterocycles. The molecular formula is C49H84BrN5O9. The Labute approximate surface area is 393 Å². The van der Waals surface area contributed by atoms with Gasteiger partial charge in [0.1, 0.15) is 17.9 Å². The van der Waals surface area contributed by atoms with Crippen molar-refractivity contribution in [2.24, 2.45) is 35.5 Å². The Kier molecular flexibility index (Phi) is 28.2. The molecule has 4 rings (SSSR count). The van der Waals surface area contributed by atoms with Crippen LogP contribution in [0.4, 0.5) is 4.79 Å². The highest BCUT2D eigenvalue weighted by atomic mass is 79.9. The number of rotatable bonds is 17. The molecule has 0 spiro atoms. The molecule has 0 radical (unpaired) electrons. The largest absolute Gasteiger partial charge is 0.444 e. The van der Waals surface area contributed by atoms with Crippen molar-refractivity contribution in [2.45, 2.75) is 169 Å². The van der Waals surface area contributed by atoms with E-state index in [0.717, 1.165) is 80.2 Å². The number of amides is 4. The van der Waals surface area contributed by atoms with Gasteiger partial charge in [0.2, 0.25) is 11.8 Å². The topological polar surface area (TPSA) is 181 Å². The van der Waals surface area contributed by atoms with Gasteiger partial charge in [0.05, 0.1) is 31.8 Å². The molecule has 0 aromatic rings. The molecule has 3 fully saturated rings. The maximum absolute atomic E-state index is 12.7. The van der Waals surface area contributed by atoms with Crippen LogP contribution in [0.25, 0.3) is 0 Å². The van der Waals surface area contributed by atoms with E-state index in [0.29, 0.717) is 17.4 Å². The SMILES string of the molecule is C=C(C=O)C(CC1CC1)NC(=O)C(C)[C@H]1CC(C)CO[C@H]1CC.CC.CC(=O)C(NC(=O)OC(C)(C)C)C1CCCCC1.CNCC(=O)NC(C(=O)N(C)OC)C1C=CC(Br)=CCC1. The van der Waals surface area contributed by atoms with Gasteiger partial charge in [-0.3, -0.25) is 28.8 Å². The lowest BCUT2D eigenvalue weighted by atomic mass is 9.78. The second-order valence-corrected chi connectivity index (χ2v) is 19.3. The number of halogens is 1. The lowest BCUT2D eigenvalue weighted by Gasteiger charge is -2.38. The number of allylic oxidation sites excluding steroid dienone is 3. The van der Waals surface area contributed by atoms with Crippen molar-refractivity contribution >= 4 is 51.8 Å². The van der Waals surface area contributed by atoms with E-state index in [1.54, 1.807) is 7.05 Å². The molecule has 1 aliphatic heterocycles. The first-order chi connectivity index (χ1) is 30.2. The van der Waals surface area contributed by atoms with Crippen LogP contribution in [0.2, 0.25) is 0 Å². The molecule has 0 bridgehead atoms. The zero-order valence-corrected chi connectivity index (χ0v) is 42.8. The van der Waals surface area contributed by atoms with Crippen LogP contribution in [0, 0.1) is 35.5 Å². The molecule has 366 valence electrons. The molecule has 3 aliphatic carbocycles. The third kappa shape index (κ3) is 22.2. The lowest BCUT2D eigenvalue weighted by molar-refractivity contribution is -0.172. The van der Waals surface area contributed by atoms with Gasteiger partial charge in [-0.25, -0.2) is 9.86 Å². The number of Topliss-reactive ketones (excluding diaryl/α,β-unsaturated/α-hetero) is 1. The van der Waals surface area contributed by atoms with Crippen LogP contribution < -0.4 is 21.3 Å². The van der Waals surface area contributed by atoms with Crippen molar-refractivity contribution in [2.75, 3.05) is 34.4 Å². The number of aldehydes is 1. The van der Waals surface area contributed by atoms with E-state index >= 15 is 0 Å². The number of carbonyl (C=O) groups is 6. The summed E-state index contributed by atoms with van der Waals surface area (Å²) in [5.74, 6) is 1.01. The minimum atomic E-state index is -0.640. The zero-order chi connectivity index (χ0) is 48.6. The molecule has 14 nitrogen and oxygen atoms in total. The number of carbonyl (C=O) groups excluding carboxylic acids is 6. The van der Waals surface area contributed by atoms with Crippen LogP contribution in [0.5, 0.6) is 0 Å². The minimum Gasteiger partial charge on any atom is -0.444 e. The first-order valence-corrected chi connectivity index (χ1v) is 24.4. The number of alkyl carbamates (subject to hydrolysis) is 1. The number of nitrogens with one attached hydrogen (secondary N) is 4. The van der Waals surface area contributed by atoms with Gasteiger partial charge < -0.3 is 30.7 Å². The first kappa shape index (κ1) is 58.6. The number of ether oxygens (including phenoxy) is 2. The number of ketones is 1. The maximum atomic E-state index is 12.7. The molecule has 8 atom stereocenters. The van der Waals surface area contributed by atoms with E-state index in [4.69, 9.17) is 14.3 Å². The summed E-state index contributed by atoms with van der Waals surface area (Å²) in [5.41, 5.74) is -0.0457. The van der Waals surface area contributed by atoms with Crippen LogP contribution in [-0.2, 0) is 38.3 Å². The van der Waals surface area contributed by atoms with Crippen molar-refractivity contribution in [3.05, 3.63) is 34.9 Å². The fraction of sp³-hybridized carbons (Fsp3) is 0.755. The second-order valence-electron chi connectivity index (χ2n) is 18.4. The Balaban J connectivity index is 0.000000474. The van der Waals surface area contributed by atoms with Gasteiger partial charge in [-0.15, -0.1) is 0 Å². The van der Waals surface area contributed by atoms with E-state index in [1.165, 1.54) is 40.3 Å². The summed E-state index contributed by atoms with van der Waals surface area (Å²) >= 11 is 3.43. The number of hydrogen-bond acceptors (Lipinski definition) is 10. The Morgan fingerprint density at radius 1 is 1.02 bits per heavy atom. The summed E-state index contributed by atoms with van der Waals surface area (Å²) in [6, 6.07) is -1.24. The summed E-state index contributed by atoms with van der Waals surface area (Å²) in [7, 11) is 4.64. The van der Waals surface area contributed by atoms with Crippen LogP contribution in [0.15, 0.2) is 34.9 Å². The first-order valence-electron chi connectivity index (χ1n) is 23.6. The zero-order valence-electron chi connectivity index (χ0n) is 41.2. The Morgan fingerprint density at radius 2 is 1.66 bits per heavy atom. The van der Waals surface area contributed by atoms with Crippen molar-refractivity contribution in [1.29, 1.82) is 0 Å². The van der Waals surface area contributed by atoms with Crippen LogP contribution in [0.1, 0.15) is 139 Å². The summed E-state index contributed by atoms with van der Waals surface area (Å²) in [5, 5.41) is 12.5. The Morgan fingerprint density at radius 3 is 2.19 bits per heavy atom. The van der Waals surface area contributed by atoms with E-state index in [1.807, 2.05) is 59.8 Å². The maximum Gasteiger partial charge on any atom is 0.408 e. The summed E-state index contributed by atoms with van der Waals surface area (Å²) in [6.07, 6.45) is 18.7. The van der Waals surface area contributed by atoms with Gasteiger partial charge >= 0.3 is 6.09 Å². The van der Waals surface area contributed by atoms with Crippen LogP contribution in [0.3, 0.4) is 0 Å². The molecule has 1 saturated heterocycles. The van der Waals surface area contributed by atoms with Crippen molar-refractivity contribution in [3.8, 4) is 0 Å². The molecule has 4 N–H and O–H groups in total. The highest BCUT2D eigenvalue weighted by molar-refractivity contribution is 9.11. The smallest absolute Gasteiger partial charge is 0.408 e. The van der Waals surface area contributed by atoms with Crippen LogP contribution in [-0.4, -0.2) is 105 Å². The summed E-state index contributed by atoms with van der Waals surface area (Å²) < 4.78 is 12.1. The fourth-order valence-electron chi connectivity index (χ4n) is 8.16. The van der Waals surface area contributed by atoms with E-state index in [2.05, 4.69) is 57.6 Å². The van der Waals surface area contributed by atoms with Gasteiger partial charge in [-0.05, 0) is 103 Å². The molecule has 6 unspecified atom stereocenters. The molecule has 0 aromatic carbocycles. The molecule has 4 aliphatic rings. The van der Waals surface area contributed by atoms with E-state index in [-0.39, 0.29) is 71.9 Å². The lowest BCUT2D eigenvalue weighted by Crippen LogP contribution is -2.52. The Hall–Kier alpha value is -3.40. The predicted molar refractivity (Wildman–Crippen MR) is 257 cm³/mol. The monoisotopic (exact) mass is 966 g/mol. The summed E-state index contributed by atoms with van der Waals surface area (Å²) in [4.78, 5) is 76.4. The van der Waals surface area contributed by atoms with Crippen molar-refractivity contribution in [1.82, 2.24) is 26.3 Å². The standard InChI is InChI=1S/C19H31NO3.C14H22BrN3O3.C14H25NO3.C2H6/c1-5-18-16(8-12(2)11-23-18)14(4)19(22)20-17(13(3)10-21)9-15-6-7-15;1-16-9-12(19)17-13(14(20)18(2)21-3)10-5-4-6-11(15)8-7-10;1-10(16)12(11-8-6-5-7-9-11)15-13(17)18-14(2,3)4;1-2/h10,12,14-18H,3,5-9,11H2,1-2,4H3,(H,20,22);6-8,10,13,16H,4-5,9H2,1-3H3,(H,17,19);11-12H,5-9H2,1-4H3,(H,15,17);1-2H3/t12?,14?,16-,17?,18+;;;/m1.../s1. The molecule has 15 heteroatoms. The van der Waals surface area contributed by atoms with Gasteiger partial charge in [0, 0.05) is 35.5 Å². The number of hydroxylamine groups is 2. The Bertz CT molecular complexity index is 1540. The number of likely N-dealkylation sites (N-methyl/N-ethyl adjacent to an activating group) is 2. The average molecular weight is 967 g/mol. The fourth-order valence-corrected chi connectivity index (χ4v) is 8.54. The minimum absolute atomic E-state index is 0.0211. The second kappa shape index (κ2) is 30.7. The van der Waals surface area contributed by atoms with Gasteiger partial charge in [-0.1, -0.05) is 107 Å². The predicted octanol–water partition coefficient (Wildman–Crippen LogP) is 8.14. The molecule has 2 saturated carbocycles. The highest BCUT2D eigenvalue weighted by Gasteiger charge is 2.37. The summed E-state index contributed by atoms with van der Waals surface area (Å²) in [6.45, 7) is 22.0. The third-order valence-corrected chi connectivity index (χ3v) is 12.5. The molecule has 64 heavy (non-hydrogen) atoms.